The zero-order valence-corrected chi connectivity index (χ0v) is 13.0. The van der Waals surface area contributed by atoms with Crippen LogP contribution in [0.5, 0.6) is 0 Å². The molecule has 0 spiro atoms. The summed E-state index contributed by atoms with van der Waals surface area (Å²) in [5, 5.41) is 0. The van der Waals surface area contributed by atoms with Gasteiger partial charge in [0.15, 0.2) is 5.82 Å². The quantitative estimate of drug-likeness (QED) is 0.927. The Labute approximate surface area is 126 Å². The highest BCUT2D eigenvalue weighted by Crippen LogP contribution is 2.22. The van der Waals surface area contributed by atoms with Crippen molar-refractivity contribution in [1.82, 2.24) is 14.3 Å². The number of pyridine rings is 1. The highest BCUT2D eigenvalue weighted by molar-refractivity contribution is 5.56. The molecule has 5 nitrogen and oxygen atoms in total. The Bertz CT molecular complexity index is 596. The molecule has 5 heteroatoms. The lowest BCUT2D eigenvalue weighted by molar-refractivity contribution is 0.231. The second-order valence-corrected chi connectivity index (χ2v) is 6.20. The van der Waals surface area contributed by atoms with E-state index in [1.165, 1.54) is 6.54 Å². The third-order valence-electron chi connectivity index (χ3n) is 4.10. The predicted octanol–water partition coefficient (Wildman–Crippen LogP) is 1.57. The number of aromatic nitrogens is 2. The molecular weight excluding hydrogens is 262 g/mol. The standard InChI is InChI=1S/C16H25N5/c1-13(2)12-19-7-9-20(10-8-19)16-14(11-17)21-6-4-3-5-15(21)18-16/h3-6,13H,7-12,17H2,1-2H3. The van der Waals surface area contributed by atoms with E-state index in [1.54, 1.807) is 0 Å². The highest BCUT2D eigenvalue weighted by atomic mass is 15.3. The van der Waals surface area contributed by atoms with E-state index in [2.05, 4.69) is 28.0 Å². The number of rotatable bonds is 4. The number of anilines is 1. The van der Waals surface area contributed by atoms with Crippen molar-refractivity contribution in [2.24, 2.45) is 11.7 Å². The Morgan fingerprint density at radius 2 is 1.95 bits per heavy atom. The van der Waals surface area contributed by atoms with Crippen LogP contribution < -0.4 is 10.6 Å². The van der Waals surface area contributed by atoms with Gasteiger partial charge in [0, 0.05) is 45.5 Å². The van der Waals surface area contributed by atoms with Crippen LogP contribution >= 0.6 is 0 Å². The molecule has 3 rings (SSSR count). The second kappa shape index (κ2) is 6.03. The van der Waals surface area contributed by atoms with Crippen molar-refractivity contribution in [3.63, 3.8) is 0 Å². The normalized spacial score (nSPS) is 17.0. The fraction of sp³-hybridized carbons (Fsp3) is 0.562. The molecule has 1 saturated heterocycles. The van der Waals surface area contributed by atoms with Gasteiger partial charge in [0.1, 0.15) is 5.65 Å². The van der Waals surface area contributed by atoms with Gasteiger partial charge in [0.2, 0.25) is 0 Å². The van der Waals surface area contributed by atoms with Gasteiger partial charge < -0.3 is 15.0 Å². The summed E-state index contributed by atoms with van der Waals surface area (Å²) in [7, 11) is 0. The van der Waals surface area contributed by atoms with E-state index >= 15 is 0 Å². The van der Waals surface area contributed by atoms with Gasteiger partial charge >= 0.3 is 0 Å². The zero-order chi connectivity index (χ0) is 14.8. The van der Waals surface area contributed by atoms with E-state index in [0.717, 1.165) is 49.3 Å². The Kier molecular flexibility index (Phi) is 4.12. The van der Waals surface area contributed by atoms with E-state index in [9.17, 15) is 0 Å². The maximum Gasteiger partial charge on any atom is 0.152 e. The van der Waals surface area contributed by atoms with Crippen LogP contribution in [-0.2, 0) is 6.54 Å². The molecule has 0 amide bonds. The molecule has 3 heterocycles. The van der Waals surface area contributed by atoms with Crippen molar-refractivity contribution in [2.75, 3.05) is 37.6 Å². The molecule has 1 aliphatic heterocycles. The summed E-state index contributed by atoms with van der Waals surface area (Å²) in [6.07, 6.45) is 2.04. The first kappa shape index (κ1) is 14.4. The SMILES string of the molecule is CC(C)CN1CCN(c2nc3ccccn3c2CN)CC1. The van der Waals surface area contributed by atoms with Crippen LogP contribution in [0.3, 0.4) is 0 Å². The molecule has 1 aliphatic rings. The van der Waals surface area contributed by atoms with Crippen molar-refractivity contribution < 1.29 is 0 Å². The molecule has 0 aliphatic carbocycles. The molecule has 0 unspecified atom stereocenters. The predicted molar refractivity (Wildman–Crippen MR) is 86.6 cm³/mol. The van der Waals surface area contributed by atoms with Crippen molar-refractivity contribution in [2.45, 2.75) is 20.4 Å². The summed E-state index contributed by atoms with van der Waals surface area (Å²) >= 11 is 0. The monoisotopic (exact) mass is 287 g/mol. The fourth-order valence-electron chi connectivity index (χ4n) is 3.14. The molecule has 0 radical (unpaired) electrons. The van der Waals surface area contributed by atoms with Crippen LogP contribution in [-0.4, -0.2) is 47.0 Å². The molecule has 114 valence electrons. The molecule has 21 heavy (non-hydrogen) atoms. The van der Waals surface area contributed by atoms with Gasteiger partial charge in [0.25, 0.3) is 0 Å². The Morgan fingerprint density at radius 1 is 1.19 bits per heavy atom. The lowest BCUT2D eigenvalue weighted by atomic mass is 10.2. The van der Waals surface area contributed by atoms with Crippen molar-refractivity contribution in [3.8, 4) is 0 Å². The maximum absolute atomic E-state index is 5.96. The second-order valence-electron chi connectivity index (χ2n) is 6.20. The van der Waals surface area contributed by atoms with Gasteiger partial charge in [-0.05, 0) is 18.1 Å². The van der Waals surface area contributed by atoms with Crippen LogP contribution in [0.1, 0.15) is 19.5 Å². The van der Waals surface area contributed by atoms with E-state index in [-0.39, 0.29) is 0 Å². The number of imidazole rings is 1. The van der Waals surface area contributed by atoms with Gasteiger partial charge in [-0.2, -0.15) is 0 Å². The van der Waals surface area contributed by atoms with Gasteiger partial charge in [-0.25, -0.2) is 4.98 Å². The number of nitrogens with two attached hydrogens (primary N) is 1. The smallest absolute Gasteiger partial charge is 0.152 e. The molecule has 2 aromatic heterocycles. The lowest BCUT2D eigenvalue weighted by Crippen LogP contribution is -2.47. The summed E-state index contributed by atoms with van der Waals surface area (Å²) in [5.41, 5.74) is 8.06. The minimum atomic E-state index is 0.521. The van der Waals surface area contributed by atoms with Crippen molar-refractivity contribution in [3.05, 3.63) is 30.1 Å². The summed E-state index contributed by atoms with van der Waals surface area (Å²) in [4.78, 5) is 9.71. The van der Waals surface area contributed by atoms with Crippen LogP contribution in [0.15, 0.2) is 24.4 Å². The largest absolute Gasteiger partial charge is 0.352 e. The van der Waals surface area contributed by atoms with Gasteiger partial charge in [-0.3, -0.25) is 4.90 Å². The molecule has 0 bridgehead atoms. The van der Waals surface area contributed by atoms with Gasteiger partial charge in [-0.15, -0.1) is 0 Å². The Hall–Kier alpha value is -1.59. The summed E-state index contributed by atoms with van der Waals surface area (Å²) in [6.45, 7) is 10.5. The summed E-state index contributed by atoms with van der Waals surface area (Å²) in [5.74, 6) is 1.79. The van der Waals surface area contributed by atoms with E-state index < -0.39 is 0 Å². The van der Waals surface area contributed by atoms with Crippen molar-refractivity contribution in [1.29, 1.82) is 0 Å². The maximum atomic E-state index is 5.96. The third-order valence-corrected chi connectivity index (χ3v) is 4.10. The molecule has 1 fully saturated rings. The zero-order valence-electron chi connectivity index (χ0n) is 13.0. The van der Waals surface area contributed by atoms with E-state index in [4.69, 9.17) is 10.7 Å². The number of piperazine rings is 1. The Morgan fingerprint density at radius 3 is 2.62 bits per heavy atom. The van der Waals surface area contributed by atoms with Gasteiger partial charge in [0.05, 0.1) is 5.69 Å². The first-order valence-corrected chi connectivity index (χ1v) is 7.82. The molecule has 2 N–H and O–H groups in total. The van der Waals surface area contributed by atoms with E-state index in [1.807, 2.05) is 24.4 Å². The number of hydrogen-bond acceptors (Lipinski definition) is 4. The fourth-order valence-corrected chi connectivity index (χ4v) is 3.14. The highest BCUT2D eigenvalue weighted by Gasteiger charge is 2.22. The van der Waals surface area contributed by atoms with Crippen LogP contribution in [0, 0.1) is 5.92 Å². The Balaban J connectivity index is 1.79. The first-order chi connectivity index (χ1) is 10.2. The summed E-state index contributed by atoms with van der Waals surface area (Å²) in [6, 6.07) is 6.09. The first-order valence-electron chi connectivity index (χ1n) is 7.82. The molecule has 0 saturated carbocycles. The molecule has 0 aromatic carbocycles. The van der Waals surface area contributed by atoms with Crippen LogP contribution in [0.25, 0.3) is 5.65 Å². The minimum Gasteiger partial charge on any atom is -0.352 e. The topological polar surface area (TPSA) is 49.8 Å². The van der Waals surface area contributed by atoms with Crippen molar-refractivity contribution >= 4 is 11.5 Å². The average Bonchev–Trinajstić information content (AvgIpc) is 2.86. The molecule has 0 atom stereocenters. The van der Waals surface area contributed by atoms with Crippen LogP contribution in [0.4, 0.5) is 5.82 Å². The minimum absolute atomic E-state index is 0.521. The number of hydrogen-bond donors (Lipinski definition) is 1. The lowest BCUT2D eigenvalue weighted by Gasteiger charge is -2.36. The average molecular weight is 287 g/mol. The van der Waals surface area contributed by atoms with E-state index in [0.29, 0.717) is 6.54 Å². The van der Waals surface area contributed by atoms with Crippen LogP contribution in [0.2, 0.25) is 0 Å². The molecular formula is C16H25N5. The van der Waals surface area contributed by atoms with Gasteiger partial charge in [-0.1, -0.05) is 19.9 Å². The summed E-state index contributed by atoms with van der Waals surface area (Å²) < 4.78 is 2.11. The number of fused-ring (bicyclic) bond motifs is 1. The number of nitrogens with zero attached hydrogens (tertiary/aromatic N) is 4. The molecule has 2 aromatic rings. The third kappa shape index (κ3) is 2.89.